The molecule has 0 aliphatic heterocycles. The standard InChI is InChI=1S/C13H15ClN2O/c1-16-12-5-4-11(14)8-10(12)7-9(13(16)17)3-2-6-15/h4-5,7-8H,2-3,6,15H2,1H3. The van der Waals surface area contributed by atoms with Crippen molar-refractivity contribution in [2.24, 2.45) is 12.8 Å². The highest BCUT2D eigenvalue weighted by atomic mass is 35.5. The minimum Gasteiger partial charge on any atom is -0.330 e. The van der Waals surface area contributed by atoms with Gasteiger partial charge in [-0.2, -0.15) is 0 Å². The van der Waals surface area contributed by atoms with Crippen LogP contribution in [0.4, 0.5) is 0 Å². The van der Waals surface area contributed by atoms with E-state index in [1.54, 1.807) is 17.7 Å². The average Bonchev–Trinajstić information content (AvgIpc) is 2.31. The molecule has 17 heavy (non-hydrogen) atoms. The molecule has 4 heteroatoms. The zero-order valence-corrected chi connectivity index (χ0v) is 10.5. The van der Waals surface area contributed by atoms with E-state index < -0.39 is 0 Å². The molecule has 2 aromatic rings. The monoisotopic (exact) mass is 250 g/mol. The van der Waals surface area contributed by atoms with Crippen molar-refractivity contribution in [1.82, 2.24) is 4.57 Å². The van der Waals surface area contributed by atoms with E-state index in [4.69, 9.17) is 17.3 Å². The Labute approximate surface area is 105 Å². The van der Waals surface area contributed by atoms with Crippen LogP contribution < -0.4 is 11.3 Å². The maximum Gasteiger partial charge on any atom is 0.253 e. The van der Waals surface area contributed by atoms with Crippen LogP contribution in [0.25, 0.3) is 10.9 Å². The molecule has 0 radical (unpaired) electrons. The van der Waals surface area contributed by atoms with Crippen LogP contribution in [-0.2, 0) is 13.5 Å². The van der Waals surface area contributed by atoms with Gasteiger partial charge in [0, 0.05) is 23.0 Å². The number of nitrogens with zero attached hydrogens (tertiary/aromatic N) is 1. The second-order valence-electron chi connectivity index (χ2n) is 4.13. The second-order valence-corrected chi connectivity index (χ2v) is 4.57. The van der Waals surface area contributed by atoms with E-state index in [9.17, 15) is 4.79 Å². The molecule has 2 N–H and O–H groups in total. The average molecular weight is 251 g/mol. The number of rotatable bonds is 3. The maximum absolute atomic E-state index is 12.1. The van der Waals surface area contributed by atoms with Crippen molar-refractivity contribution >= 4 is 22.5 Å². The summed E-state index contributed by atoms with van der Waals surface area (Å²) in [5, 5.41) is 1.67. The Bertz CT molecular complexity index is 604. The lowest BCUT2D eigenvalue weighted by molar-refractivity contribution is 0.799. The second kappa shape index (κ2) is 4.90. The normalized spacial score (nSPS) is 11.0. The number of fused-ring (bicyclic) bond motifs is 1. The van der Waals surface area contributed by atoms with Gasteiger partial charge in [-0.25, -0.2) is 0 Å². The predicted molar refractivity (Wildman–Crippen MR) is 71.6 cm³/mol. The molecule has 0 amide bonds. The van der Waals surface area contributed by atoms with Crippen LogP contribution in [0.5, 0.6) is 0 Å². The highest BCUT2D eigenvalue weighted by Crippen LogP contribution is 2.18. The maximum atomic E-state index is 12.1. The van der Waals surface area contributed by atoms with E-state index in [1.807, 2.05) is 18.2 Å². The third kappa shape index (κ3) is 2.35. The molecule has 0 aliphatic carbocycles. The number of pyridine rings is 1. The van der Waals surface area contributed by atoms with Crippen LogP contribution in [0.1, 0.15) is 12.0 Å². The number of nitrogens with two attached hydrogens (primary N) is 1. The Hall–Kier alpha value is -1.32. The van der Waals surface area contributed by atoms with Crippen molar-refractivity contribution in [1.29, 1.82) is 0 Å². The molecule has 0 saturated heterocycles. The number of hydrogen-bond acceptors (Lipinski definition) is 2. The molecule has 1 aromatic carbocycles. The van der Waals surface area contributed by atoms with E-state index in [-0.39, 0.29) is 5.56 Å². The topological polar surface area (TPSA) is 48.0 Å². The number of hydrogen-bond donors (Lipinski definition) is 1. The van der Waals surface area contributed by atoms with E-state index >= 15 is 0 Å². The molecule has 2 rings (SSSR count). The molecular weight excluding hydrogens is 236 g/mol. The van der Waals surface area contributed by atoms with Crippen molar-refractivity contribution in [3.63, 3.8) is 0 Å². The fourth-order valence-corrected chi connectivity index (χ4v) is 2.17. The SMILES string of the molecule is Cn1c(=O)c(CCCN)cc2cc(Cl)ccc21. The Morgan fingerprint density at radius 1 is 1.35 bits per heavy atom. The van der Waals surface area contributed by atoms with Gasteiger partial charge in [-0.15, -0.1) is 0 Å². The summed E-state index contributed by atoms with van der Waals surface area (Å²) in [6, 6.07) is 7.45. The lowest BCUT2D eigenvalue weighted by Gasteiger charge is -2.08. The van der Waals surface area contributed by atoms with Crippen LogP contribution in [0, 0.1) is 0 Å². The van der Waals surface area contributed by atoms with E-state index in [0.29, 0.717) is 18.0 Å². The molecular formula is C13H15ClN2O. The van der Waals surface area contributed by atoms with Gasteiger partial charge >= 0.3 is 0 Å². The molecule has 0 aliphatic rings. The van der Waals surface area contributed by atoms with Crippen molar-refractivity contribution in [3.05, 3.63) is 45.2 Å². The van der Waals surface area contributed by atoms with E-state index in [1.165, 1.54) is 0 Å². The summed E-state index contributed by atoms with van der Waals surface area (Å²) in [7, 11) is 1.78. The van der Waals surface area contributed by atoms with Crippen LogP contribution in [0.2, 0.25) is 5.02 Å². The molecule has 1 heterocycles. The number of benzene rings is 1. The molecule has 1 aromatic heterocycles. The smallest absolute Gasteiger partial charge is 0.253 e. The quantitative estimate of drug-likeness (QED) is 0.907. The van der Waals surface area contributed by atoms with Crippen molar-refractivity contribution < 1.29 is 0 Å². The Morgan fingerprint density at radius 3 is 2.82 bits per heavy atom. The lowest BCUT2D eigenvalue weighted by atomic mass is 10.1. The zero-order valence-electron chi connectivity index (χ0n) is 9.74. The first kappa shape index (κ1) is 12.1. The van der Waals surface area contributed by atoms with E-state index in [2.05, 4.69) is 0 Å². The van der Waals surface area contributed by atoms with Crippen LogP contribution in [-0.4, -0.2) is 11.1 Å². The zero-order chi connectivity index (χ0) is 12.4. The predicted octanol–water partition coefficient (Wildman–Crippen LogP) is 2.08. The van der Waals surface area contributed by atoms with Crippen LogP contribution in [0.3, 0.4) is 0 Å². The highest BCUT2D eigenvalue weighted by molar-refractivity contribution is 6.31. The first-order valence-corrected chi connectivity index (χ1v) is 5.99. The number of halogens is 1. The summed E-state index contributed by atoms with van der Waals surface area (Å²) >= 11 is 5.96. The van der Waals surface area contributed by atoms with Gasteiger partial charge in [-0.3, -0.25) is 4.79 Å². The Kier molecular flexibility index (Phi) is 3.50. The molecule has 0 unspecified atom stereocenters. The largest absolute Gasteiger partial charge is 0.330 e. The molecule has 0 bridgehead atoms. The van der Waals surface area contributed by atoms with Gasteiger partial charge in [0.05, 0.1) is 5.52 Å². The summed E-state index contributed by atoms with van der Waals surface area (Å²) in [6.07, 6.45) is 1.53. The van der Waals surface area contributed by atoms with Gasteiger partial charge in [-0.05, 0) is 43.7 Å². The third-order valence-corrected chi connectivity index (χ3v) is 3.15. The van der Waals surface area contributed by atoms with Crippen LogP contribution in [0.15, 0.2) is 29.1 Å². The van der Waals surface area contributed by atoms with Gasteiger partial charge in [0.2, 0.25) is 0 Å². The molecule has 0 fully saturated rings. The summed E-state index contributed by atoms with van der Waals surface area (Å²) in [6.45, 7) is 0.594. The van der Waals surface area contributed by atoms with Crippen molar-refractivity contribution in [2.45, 2.75) is 12.8 Å². The molecule has 0 spiro atoms. The molecule has 90 valence electrons. The van der Waals surface area contributed by atoms with Crippen molar-refractivity contribution in [2.75, 3.05) is 6.54 Å². The fourth-order valence-electron chi connectivity index (χ4n) is 1.99. The highest BCUT2D eigenvalue weighted by Gasteiger charge is 2.06. The van der Waals surface area contributed by atoms with Gasteiger partial charge in [0.15, 0.2) is 0 Å². The van der Waals surface area contributed by atoms with Gasteiger partial charge in [-0.1, -0.05) is 11.6 Å². The molecule has 0 atom stereocenters. The Morgan fingerprint density at radius 2 is 2.12 bits per heavy atom. The summed E-state index contributed by atoms with van der Waals surface area (Å²) in [5.74, 6) is 0. The van der Waals surface area contributed by atoms with E-state index in [0.717, 1.165) is 22.9 Å². The first-order chi connectivity index (χ1) is 8.13. The molecule has 3 nitrogen and oxygen atoms in total. The minimum absolute atomic E-state index is 0.0493. The Balaban J connectivity index is 2.63. The third-order valence-electron chi connectivity index (χ3n) is 2.91. The lowest BCUT2D eigenvalue weighted by Crippen LogP contribution is -2.21. The van der Waals surface area contributed by atoms with Gasteiger partial charge in [0.1, 0.15) is 0 Å². The number of aromatic nitrogens is 1. The summed E-state index contributed by atoms with van der Waals surface area (Å²) < 4.78 is 1.66. The fraction of sp³-hybridized carbons (Fsp3) is 0.308. The minimum atomic E-state index is 0.0493. The molecule has 0 saturated carbocycles. The number of aryl methyl sites for hydroxylation is 2. The van der Waals surface area contributed by atoms with Gasteiger partial charge in [0.25, 0.3) is 5.56 Å². The summed E-state index contributed by atoms with van der Waals surface area (Å²) in [5.41, 5.74) is 7.22. The van der Waals surface area contributed by atoms with Crippen molar-refractivity contribution in [3.8, 4) is 0 Å². The van der Waals surface area contributed by atoms with Gasteiger partial charge < -0.3 is 10.3 Å². The first-order valence-electron chi connectivity index (χ1n) is 5.61. The summed E-state index contributed by atoms with van der Waals surface area (Å²) in [4.78, 5) is 12.1. The van der Waals surface area contributed by atoms with Crippen LogP contribution >= 0.6 is 11.6 Å².